The number of thioether (sulfide) groups is 1. The number of carbonyl (C=O) groups is 1. The van der Waals surface area contributed by atoms with E-state index < -0.39 is 0 Å². The second-order valence-corrected chi connectivity index (χ2v) is 4.93. The molecule has 0 heterocycles. The van der Waals surface area contributed by atoms with Gasteiger partial charge in [0.1, 0.15) is 0 Å². The predicted molar refractivity (Wildman–Crippen MR) is 73.9 cm³/mol. The number of benzene rings is 2. The van der Waals surface area contributed by atoms with Gasteiger partial charge in [0.05, 0.1) is 5.33 Å². The standard InChI is InChI=1S/C13H11BrOS/c1-16-12-5-4-9-6-11(13(15)8-14)3-2-10(9)7-12/h2-7H,8H2,1H3. The van der Waals surface area contributed by atoms with E-state index in [1.54, 1.807) is 11.8 Å². The van der Waals surface area contributed by atoms with Crippen molar-refractivity contribution in [2.75, 3.05) is 11.6 Å². The molecule has 0 atom stereocenters. The minimum atomic E-state index is 0.121. The van der Waals surface area contributed by atoms with Crippen LogP contribution in [-0.4, -0.2) is 17.4 Å². The van der Waals surface area contributed by atoms with Crippen molar-refractivity contribution in [3.63, 3.8) is 0 Å². The van der Waals surface area contributed by atoms with Crippen LogP contribution in [-0.2, 0) is 0 Å². The Kier molecular flexibility index (Phi) is 3.66. The molecular formula is C13H11BrOS. The summed E-state index contributed by atoms with van der Waals surface area (Å²) in [4.78, 5) is 12.8. The highest BCUT2D eigenvalue weighted by Gasteiger charge is 2.04. The number of ketones is 1. The molecule has 0 radical (unpaired) electrons. The Morgan fingerprint density at radius 3 is 2.56 bits per heavy atom. The molecule has 1 nitrogen and oxygen atoms in total. The molecule has 0 aliphatic carbocycles. The van der Waals surface area contributed by atoms with Gasteiger partial charge in [0.15, 0.2) is 5.78 Å². The monoisotopic (exact) mass is 294 g/mol. The molecule has 0 aromatic heterocycles. The van der Waals surface area contributed by atoms with E-state index in [4.69, 9.17) is 0 Å². The van der Waals surface area contributed by atoms with E-state index in [2.05, 4.69) is 40.4 Å². The summed E-state index contributed by atoms with van der Waals surface area (Å²) in [6.45, 7) is 0. The first-order valence-electron chi connectivity index (χ1n) is 4.91. The molecule has 2 aromatic rings. The molecule has 0 N–H and O–H groups in total. The van der Waals surface area contributed by atoms with Crippen LogP contribution in [0.4, 0.5) is 0 Å². The summed E-state index contributed by atoms with van der Waals surface area (Å²) in [5, 5.41) is 2.67. The number of carbonyl (C=O) groups excluding carboxylic acids is 1. The fraction of sp³-hybridized carbons (Fsp3) is 0.154. The predicted octanol–water partition coefficient (Wildman–Crippen LogP) is 4.14. The van der Waals surface area contributed by atoms with Gasteiger partial charge < -0.3 is 0 Å². The molecule has 0 saturated carbocycles. The largest absolute Gasteiger partial charge is 0.293 e. The summed E-state index contributed by atoms with van der Waals surface area (Å²) in [6.07, 6.45) is 2.06. The normalized spacial score (nSPS) is 10.6. The molecule has 0 spiro atoms. The van der Waals surface area contributed by atoms with Crippen LogP contribution in [0, 0.1) is 0 Å². The maximum atomic E-state index is 11.5. The van der Waals surface area contributed by atoms with Crippen molar-refractivity contribution < 1.29 is 4.79 Å². The first-order valence-corrected chi connectivity index (χ1v) is 7.26. The highest BCUT2D eigenvalue weighted by Crippen LogP contribution is 2.23. The van der Waals surface area contributed by atoms with E-state index in [-0.39, 0.29) is 5.78 Å². The Morgan fingerprint density at radius 1 is 1.19 bits per heavy atom. The van der Waals surface area contributed by atoms with Gasteiger partial charge in [-0.15, -0.1) is 11.8 Å². The Morgan fingerprint density at radius 2 is 1.88 bits per heavy atom. The molecule has 2 aromatic carbocycles. The summed E-state index contributed by atoms with van der Waals surface area (Å²) in [5.41, 5.74) is 0.765. The summed E-state index contributed by atoms with van der Waals surface area (Å²) >= 11 is 4.91. The van der Waals surface area contributed by atoms with Crippen molar-refractivity contribution in [3.8, 4) is 0 Å². The smallest absolute Gasteiger partial charge is 0.173 e. The number of rotatable bonds is 3. The Bertz CT molecular complexity index is 536. The second kappa shape index (κ2) is 5.02. The summed E-state index contributed by atoms with van der Waals surface area (Å²) in [7, 11) is 0. The van der Waals surface area contributed by atoms with Gasteiger partial charge in [0.25, 0.3) is 0 Å². The maximum absolute atomic E-state index is 11.5. The van der Waals surface area contributed by atoms with Gasteiger partial charge in [0, 0.05) is 10.5 Å². The van der Waals surface area contributed by atoms with Crippen LogP contribution in [0.1, 0.15) is 10.4 Å². The number of Topliss-reactive ketones (excluding diaryl/α,β-unsaturated/α-hetero) is 1. The van der Waals surface area contributed by atoms with Crippen LogP contribution in [0.2, 0.25) is 0 Å². The third-order valence-electron chi connectivity index (χ3n) is 2.49. The first-order chi connectivity index (χ1) is 7.74. The van der Waals surface area contributed by atoms with Crippen LogP contribution in [0.15, 0.2) is 41.3 Å². The van der Waals surface area contributed by atoms with Crippen LogP contribution < -0.4 is 0 Å². The number of halogens is 1. The number of fused-ring (bicyclic) bond motifs is 1. The van der Waals surface area contributed by atoms with Crippen LogP contribution in [0.3, 0.4) is 0 Å². The Hall–Kier alpha value is -0.800. The van der Waals surface area contributed by atoms with Gasteiger partial charge in [-0.1, -0.05) is 34.1 Å². The van der Waals surface area contributed by atoms with Crippen LogP contribution in [0.5, 0.6) is 0 Å². The zero-order valence-electron chi connectivity index (χ0n) is 8.87. The van der Waals surface area contributed by atoms with Gasteiger partial charge in [-0.3, -0.25) is 4.79 Å². The molecule has 3 heteroatoms. The maximum Gasteiger partial charge on any atom is 0.173 e. The highest BCUT2D eigenvalue weighted by atomic mass is 79.9. The van der Waals surface area contributed by atoms with E-state index in [9.17, 15) is 4.79 Å². The molecule has 0 aliphatic heterocycles. The minimum Gasteiger partial charge on any atom is -0.293 e. The first kappa shape index (κ1) is 11.7. The van der Waals surface area contributed by atoms with Crippen LogP contribution >= 0.6 is 27.7 Å². The van der Waals surface area contributed by atoms with Crippen molar-refractivity contribution >= 4 is 44.2 Å². The number of alkyl halides is 1. The van der Waals surface area contributed by atoms with E-state index >= 15 is 0 Å². The van der Waals surface area contributed by atoms with Gasteiger partial charge in [-0.25, -0.2) is 0 Å². The molecule has 16 heavy (non-hydrogen) atoms. The zero-order valence-corrected chi connectivity index (χ0v) is 11.3. The molecule has 0 bridgehead atoms. The van der Waals surface area contributed by atoms with Crippen molar-refractivity contribution in [2.45, 2.75) is 4.90 Å². The quantitative estimate of drug-likeness (QED) is 0.481. The number of hydrogen-bond acceptors (Lipinski definition) is 2. The lowest BCUT2D eigenvalue weighted by Gasteiger charge is -2.03. The van der Waals surface area contributed by atoms with Crippen LogP contribution in [0.25, 0.3) is 10.8 Å². The Labute approximate surface area is 107 Å². The minimum absolute atomic E-state index is 0.121. The molecule has 0 aliphatic rings. The van der Waals surface area contributed by atoms with E-state index in [0.29, 0.717) is 5.33 Å². The van der Waals surface area contributed by atoms with Gasteiger partial charge in [-0.05, 0) is 35.2 Å². The summed E-state index contributed by atoms with van der Waals surface area (Å²) in [6, 6.07) is 12.1. The van der Waals surface area contributed by atoms with E-state index in [0.717, 1.165) is 10.9 Å². The third kappa shape index (κ3) is 2.30. The lowest BCUT2D eigenvalue weighted by atomic mass is 10.1. The molecule has 0 saturated heterocycles. The summed E-state index contributed by atoms with van der Waals surface area (Å²) < 4.78 is 0. The fourth-order valence-corrected chi connectivity index (χ4v) is 2.37. The van der Waals surface area contributed by atoms with E-state index in [1.807, 2.05) is 18.2 Å². The number of hydrogen-bond donors (Lipinski definition) is 0. The molecule has 0 unspecified atom stereocenters. The van der Waals surface area contributed by atoms with Crippen molar-refractivity contribution in [2.24, 2.45) is 0 Å². The van der Waals surface area contributed by atoms with Crippen molar-refractivity contribution in [1.29, 1.82) is 0 Å². The van der Waals surface area contributed by atoms with Crippen molar-refractivity contribution in [3.05, 3.63) is 42.0 Å². The molecule has 0 amide bonds. The van der Waals surface area contributed by atoms with Gasteiger partial charge in [-0.2, -0.15) is 0 Å². The molecule has 82 valence electrons. The topological polar surface area (TPSA) is 17.1 Å². The second-order valence-electron chi connectivity index (χ2n) is 3.48. The van der Waals surface area contributed by atoms with Gasteiger partial charge in [0.2, 0.25) is 0 Å². The zero-order chi connectivity index (χ0) is 11.5. The lowest BCUT2D eigenvalue weighted by Crippen LogP contribution is -1.99. The SMILES string of the molecule is CSc1ccc2cc(C(=O)CBr)ccc2c1. The average molecular weight is 295 g/mol. The molecule has 0 fully saturated rings. The molecule has 2 rings (SSSR count). The average Bonchev–Trinajstić information content (AvgIpc) is 2.36. The summed E-state index contributed by atoms with van der Waals surface area (Å²) in [5.74, 6) is 0.121. The lowest BCUT2D eigenvalue weighted by molar-refractivity contribution is 0.102. The highest BCUT2D eigenvalue weighted by molar-refractivity contribution is 9.09. The molecular weight excluding hydrogens is 284 g/mol. The van der Waals surface area contributed by atoms with Gasteiger partial charge >= 0.3 is 0 Å². The van der Waals surface area contributed by atoms with E-state index in [1.165, 1.54) is 10.3 Å². The fourth-order valence-electron chi connectivity index (χ4n) is 1.60. The Balaban J connectivity index is 2.51. The van der Waals surface area contributed by atoms with Crippen molar-refractivity contribution in [1.82, 2.24) is 0 Å². The third-order valence-corrected chi connectivity index (χ3v) is 3.73.